The van der Waals surface area contributed by atoms with Crippen molar-refractivity contribution in [1.82, 2.24) is 5.32 Å². The van der Waals surface area contributed by atoms with Gasteiger partial charge >= 0.3 is 5.97 Å². The quantitative estimate of drug-likeness (QED) is 0.580. The highest BCUT2D eigenvalue weighted by atomic mass is 32.1. The smallest absolute Gasteiger partial charge is 0.341 e. The molecule has 154 valence electrons. The van der Waals surface area contributed by atoms with Crippen LogP contribution in [0.4, 0.5) is 9.39 Å². The van der Waals surface area contributed by atoms with Crippen LogP contribution >= 0.6 is 11.3 Å². The Morgan fingerprint density at radius 3 is 2.43 bits per heavy atom. The third kappa shape index (κ3) is 4.72. The molecule has 6 nitrogen and oxygen atoms in total. The van der Waals surface area contributed by atoms with Gasteiger partial charge in [-0.3, -0.25) is 9.59 Å². The fourth-order valence-corrected chi connectivity index (χ4v) is 3.94. The zero-order valence-electron chi connectivity index (χ0n) is 16.3. The number of carbonyl (C=O) groups excluding carboxylic acids is 3. The molecule has 0 bridgehead atoms. The Labute approximate surface area is 176 Å². The normalized spacial score (nSPS) is 10.4. The molecule has 30 heavy (non-hydrogen) atoms. The molecule has 2 aromatic carbocycles. The van der Waals surface area contributed by atoms with Gasteiger partial charge in [-0.15, -0.1) is 11.3 Å². The molecular weight excluding hydrogens is 407 g/mol. The Hall–Kier alpha value is -3.52. The van der Waals surface area contributed by atoms with Crippen LogP contribution in [0.15, 0.2) is 54.6 Å². The summed E-state index contributed by atoms with van der Waals surface area (Å²) in [6.07, 6.45) is 0. The van der Waals surface area contributed by atoms with E-state index in [4.69, 9.17) is 4.74 Å². The Bertz CT molecular complexity index is 1100. The van der Waals surface area contributed by atoms with Crippen LogP contribution in [-0.2, 0) is 11.3 Å². The minimum atomic E-state index is -0.680. The summed E-state index contributed by atoms with van der Waals surface area (Å²) in [5, 5.41) is 5.56. The molecule has 0 unspecified atom stereocenters. The van der Waals surface area contributed by atoms with E-state index in [9.17, 15) is 18.8 Å². The van der Waals surface area contributed by atoms with Gasteiger partial charge in [-0.2, -0.15) is 0 Å². The maximum atomic E-state index is 13.4. The molecule has 1 aromatic heterocycles. The minimum absolute atomic E-state index is 0.0898. The first-order valence-corrected chi connectivity index (χ1v) is 9.83. The number of anilines is 1. The highest BCUT2D eigenvalue weighted by molar-refractivity contribution is 7.18. The lowest BCUT2D eigenvalue weighted by Gasteiger charge is -2.06. The third-order valence-corrected chi connectivity index (χ3v) is 5.56. The number of rotatable bonds is 6. The molecule has 0 fully saturated rings. The van der Waals surface area contributed by atoms with Crippen LogP contribution in [0.25, 0.3) is 0 Å². The van der Waals surface area contributed by atoms with Crippen LogP contribution in [-0.4, -0.2) is 24.9 Å². The summed E-state index contributed by atoms with van der Waals surface area (Å²) in [6.45, 7) is 1.92. The molecule has 8 heteroatoms. The van der Waals surface area contributed by atoms with Gasteiger partial charge in [0.15, 0.2) is 0 Å². The van der Waals surface area contributed by atoms with Gasteiger partial charge < -0.3 is 15.4 Å². The molecule has 3 aromatic rings. The molecule has 0 saturated carbocycles. The van der Waals surface area contributed by atoms with Crippen LogP contribution in [0.5, 0.6) is 0 Å². The molecular formula is C22H19FN2O4S. The van der Waals surface area contributed by atoms with Crippen LogP contribution in [0, 0.1) is 12.7 Å². The zero-order chi connectivity index (χ0) is 21.7. The number of thiophene rings is 1. The van der Waals surface area contributed by atoms with Crippen LogP contribution < -0.4 is 10.6 Å². The number of benzene rings is 2. The highest BCUT2D eigenvalue weighted by Gasteiger charge is 2.26. The third-order valence-electron chi connectivity index (χ3n) is 4.35. The van der Waals surface area contributed by atoms with Gasteiger partial charge in [0.1, 0.15) is 10.8 Å². The van der Waals surface area contributed by atoms with Crippen molar-refractivity contribution >= 4 is 34.1 Å². The van der Waals surface area contributed by atoms with Crippen molar-refractivity contribution in [2.45, 2.75) is 13.5 Å². The van der Waals surface area contributed by atoms with Gasteiger partial charge in [-0.1, -0.05) is 36.4 Å². The summed E-state index contributed by atoms with van der Waals surface area (Å²) in [5.41, 5.74) is 1.50. The fraction of sp³-hybridized carbons (Fsp3) is 0.136. The molecule has 0 atom stereocenters. The van der Waals surface area contributed by atoms with Crippen molar-refractivity contribution in [3.8, 4) is 0 Å². The van der Waals surface area contributed by atoms with Gasteiger partial charge in [0.25, 0.3) is 11.8 Å². The molecule has 3 rings (SSSR count). The number of halogens is 1. The van der Waals surface area contributed by atoms with Gasteiger partial charge in [-0.25, -0.2) is 9.18 Å². The fourth-order valence-electron chi connectivity index (χ4n) is 2.83. The lowest BCUT2D eigenvalue weighted by molar-refractivity contribution is 0.0601. The molecule has 2 N–H and O–H groups in total. The highest BCUT2D eigenvalue weighted by Crippen LogP contribution is 2.34. The zero-order valence-corrected chi connectivity index (χ0v) is 17.1. The molecule has 0 aliphatic carbocycles. The lowest BCUT2D eigenvalue weighted by Crippen LogP contribution is -2.22. The molecule has 0 spiro atoms. The molecule has 0 aliphatic heterocycles. The van der Waals surface area contributed by atoms with Gasteiger partial charge in [0, 0.05) is 12.1 Å². The van der Waals surface area contributed by atoms with E-state index in [1.165, 1.54) is 25.3 Å². The Balaban J connectivity index is 1.86. The number of hydrogen-bond donors (Lipinski definition) is 2. The van der Waals surface area contributed by atoms with Crippen LogP contribution in [0.3, 0.4) is 0 Å². The Kier molecular flexibility index (Phi) is 6.58. The minimum Gasteiger partial charge on any atom is -0.465 e. The van der Waals surface area contributed by atoms with Crippen molar-refractivity contribution in [3.05, 3.63) is 87.5 Å². The summed E-state index contributed by atoms with van der Waals surface area (Å²) in [7, 11) is 1.22. The number of carbonyl (C=O) groups is 3. The first-order chi connectivity index (χ1) is 14.4. The van der Waals surface area contributed by atoms with Crippen LogP contribution in [0.1, 0.15) is 41.5 Å². The molecule has 0 radical (unpaired) electrons. The summed E-state index contributed by atoms with van der Waals surface area (Å²) in [6, 6.07) is 14.5. The lowest BCUT2D eigenvalue weighted by atomic mass is 10.1. The first kappa shape index (κ1) is 21.2. The maximum absolute atomic E-state index is 13.4. The van der Waals surface area contributed by atoms with E-state index in [2.05, 4.69) is 10.6 Å². The number of methoxy groups -OCH3 is 1. The van der Waals surface area contributed by atoms with Gasteiger partial charge in [0.05, 0.1) is 17.6 Å². The van der Waals surface area contributed by atoms with E-state index in [1.807, 2.05) is 30.3 Å². The van der Waals surface area contributed by atoms with Crippen LogP contribution in [0.2, 0.25) is 0 Å². The van der Waals surface area contributed by atoms with E-state index >= 15 is 0 Å². The maximum Gasteiger partial charge on any atom is 0.341 e. The van der Waals surface area contributed by atoms with Crippen molar-refractivity contribution in [2.75, 3.05) is 12.4 Å². The van der Waals surface area contributed by atoms with E-state index in [0.717, 1.165) is 23.0 Å². The number of nitrogens with one attached hydrogen (secondary N) is 2. The molecule has 1 heterocycles. The second-order valence-corrected chi connectivity index (χ2v) is 7.41. The predicted molar refractivity (Wildman–Crippen MR) is 112 cm³/mol. The Morgan fingerprint density at radius 1 is 1.03 bits per heavy atom. The number of amides is 2. The Morgan fingerprint density at radius 2 is 1.77 bits per heavy atom. The predicted octanol–water partition coefficient (Wildman–Crippen LogP) is 4.16. The van der Waals surface area contributed by atoms with E-state index in [-0.39, 0.29) is 26.9 Å². The van der Waals surface area contributed by atoms with Gasteiger partial charge in [-0.05, 0) is 36.2 Å². The van der Waals surface area contributed by atoms with E-state index < -0.39 is 17.7 Å². The summed E-state index contributed by atoms with van der Waals surface area (Å²) >= 11 is 0.962. The largest absolute Gasteiger partial charge is 0.465 e. The average Bonchev–Trinajstić information content (AvgIpc) is 3.08. The van der Waals surface area contributed by atoms with Crippen molar-refractivity contribution in [3.63, 3.8) is 0 Å². The standard InChI is InChI=1S/C22H19FN2O4S/c1-13-17(22(28)29-2)21(25-19(26)15-9-6-10-16(23)11-15)30-18(13)20(27)24-12-14-7-4-3-5-8-14/h3-11H,12H2,1-2H3,(H,24,27)(H,25,26). The monoisotopic (exact) mass is 426 g/mol. The van der Waals surface area contributed by atoms with Crippen molar-refractivity contribution in [2.24, 2.45) is 0 Å². The summed E-state index contributed by atoms with van der Waals surface area (Å²) in [5.74, 6) is -2.21. The second kappa shape index (κ2) is 9.32. The van der Waals surface area contributed by atoms with Gasteiger partial charge in [0.2, 0.25) is 0 Å². The number of hydrogen-bond acceptors (Lipinski definition) is 5. The second-order valence-electron chi connectivity index (χ2n) is 6.38. The number of esters is 1. The molecule has 2 amide bonds. The number of ether oxygens (including phenoxy) is 1. The topological polar surface area (TPSA) is 84.5 Å². The molecule has 0 aliphatic rings. The first-order valence-electron chi connectivity index (χ1n) is 9.01. The SMILES string of the molecule is COC(=O)c1c(NC(=O)c2cccc(F)c2)sc(C(=O)NCc2ccccc2)c1C. The van der Waals surface area contributed by atoms with E-state index in [1.54, 1.807) is 6.92 Å². The average molecular weight is 426 g/mol. The van der Waals surface area contributed by atoms with E-state index in [0.29, 0.717) is 12.1 Å². The molecule has 0 saturated heterocycles. The van der Waals surface area contributed by atoms with Crippen molar-refractivity contribution < 1.29 is 23.5 Å². The van der Waals surface area contributed by atoms with Crippen molar-refractivity contribution in [1.29, 1.82) is 0 Å². The summed E-state index contributed by atoms with van der Waals surface area (Å²) in [4.78, 5) is 37.8. The summed E-state index contributed by atoms with van der Waals surface area (Å²) < 4.78 is 18.2.